The zero-order chi connectivity index (χ0) is 28.0. The van der Waals surface area contributed by atoms with Gasteiger partial charge in [-0.25, -0.2) is 0 Å². The van der Waals surface area contributed by atoms with E-state index >= 15 is 0 Å². The number of esters is 1. The van der Waals surface area contributed by atoms with Gasteiger partial charge in [-0.1, -0.05) is 25.5 Å². The number of carbonyl (C=O) groups is 2. The molecule has 6 nitrogen and oxygen atoms in total. The maximum atomic E-state index is 13.2. The van der Waals surface area contributed by atoms with Gasteiger partial charge in [0.15, 0.2) is 0 Å². The topological polar surface area (TPSA) is 67.9 Å². The van der Waals surface area contributed by atoms with Crippen LogP contribution >= 0.6 is 0 Å². The fourth-order valence-corrected chi connectivity index (χ4v) is 6.26. The Balaban J connectivity index is 1.45. The second-order valence-electron chi connectivity index (χ2n) is 12.9. The molecule has 0 aromatic heterocycles. The third-order valence-corrected chi connectivity index (χ3v) is 8.56. The third-order valence-electron chi connectivity index (χ3n) is 8.56. The predicted octanol–water partition coefficient (Wildman–Crippen LogP) is 4.70. The molecule has 1 amide bonds. The molecule has 2 fully saturated rings. The first-order chi connectivity index (χ1) is 18.6. The van der Waals surface area contributed by atoms with Gasteiger partial charge in [0, 0.05) is 42.5 Å². The molecule has 1 aliphatic heterocycles. The highest BCUT2D eigenvalue weighted by atomic mass is 16.6. The number of fused-ring (bicyclic) bond motifs is 1. The van der Waals surface area contributed by atoms with E-state index < -0.39 is 5.60 Å². The summed E-state index contributed by atoms with van der Waals surface area (Å²) in [4.78, 5) is 28.1. The van der Waals surface area contributed by atoms with Crippen LogP contribution in [0.3, 0.4) is 0 Å². The van der Waals surface area contributed by atoms with Crippen molar-refractivity contribution in [1.29, 1.82) is 0 Å². The molecule has 1 aromatic rings. The molecule has 6 heteroatoms. The number of benzene rings is 1. The molecule has 2 aliphatic carbocycles. The largest absolute Gasteiger partial charge is 0.460 e. The van der Waals surface area contributed by atoms with Crippen molar-refractivity contribution in [3.8, 4) is 0 Å². The Hall–Kier alpha value is -2.34. The molecule has 3 atom stereocenters. The number of ether oxygens (including phenoxy) is 2. The van der Waals surface area contributed by atoms with Crippen LogP contribution in [0.4, 0.5) is 0 Å². The number of rotatable bonds is 10. The average molecular weight is 539 g/mol. The molecule has 3 aliphatic rings. The summed E-state index contributed by atoms with van der Waals surface area (Å²) in [5, 5.41) is 5.48. The summed E-state index contributed by atoms with van der Waals surface area (Å²) in [5.41, 5.74) is 1.46. The average Bonchev–Trinajstić information content (AvgIpc) is 2.99. The zero-order valence-electron chi connectivity index (χ0n) is 24.9. The number of nitrogens with zero attached hydrogens (tertiary/aromatic N) is 1. The van der Waals surface area contributed by atoms with Crippen molar-refractivity contribution < 1.29 is 19.1 Å². The molecule has 1 N–H and O–H groups in total. The molecule has 216 valence electrons. The lowest BCUT2D eigenvalue weighted by molar-refractivity contribution is -0.156. The van der Waals surface area contributed by atoms with Crippen molar-refractivity contribution in [1.82, 2.24) is 10.2 Å². The molecule has 0 bridgehead atoms. The molecule has 0 radical (unpaired) electrons. The van der Waals surface area contributed by atoms with Crippen molar-refractivity contribution in [3.05, 3.63) is 33.7 Å². The summed E-state index contributed by atoms with van der Waals surface area (Å²) in [5.74, 6) is 0.869. The first kappa shape index (κ1) is 29.6. The highest BCUT2D eigenvalue weighted by Crippen LogP contribution is 2.33. The van der Waals surface area contributed by atoms with Gasteiger partial charge in [-0.3, -0.25) is 9.59 Å². The summed E-state index contributed by atoms with van der Waals surface area (Å²) in [6.45, 7) is 12.3. The Morgan fingerprint density at radius 3 is 2.51 bits per heavy atom. The van der Waals surface area contributed by atoms with E-state index in [1.165, 1.54) is 23.3 Å². The van der Waals surface area contributed by atoms with Gasteiger partial charge < -0.3 is 19.7 Å². The summed E-state index contributed by atoms with van der Waals surface area (Å²) < 4.78 is 11.4. The van der Waals surface area contributed by atoms with Crippen LogP contribution in [0.5, 0.6) is 0 Å². The highest BCUT2D eigenvalue weighted by Gasteiger charge is 2.28. The smallest absolute Gasteiger partial charge is 0.306 e. The number of nitrogens with one attached hydrogen (secondary N) is 1. The minimum atomic E-state index is -0.429. The van der Waals surface area contributed by atoms with Crippen LogP contribution in [-0.2, 0) is 20.7 Å². The van der Waals surface area contributed by atoms with E-state index in [9.17, 15) is 9.59 Å². The summed E-state index contributed by atoms with van der Waals surface area (Å²) in [6.07, 6.45) is 15.4. The minimum Gasteiger partial charge on any atom is -0.460 e. The number of amides is 1. The van der Waals surface area contributed by atoms with Crippen LogP contribution in [0.25, 0.3) is 12.3 Å². The van der Waals surface area contributed by atoms with Gasteiger partial charge in [-0.05, 0) is 108 Å². The zero-order valence-corrected chi connectivity index (χ0v) is 24.9. The predicted molar refractivity (Wildman–Crippen MR) is 157 cm³/mol. The van der Waals surface area contributed by atoms with E-state index in [0.717, 1.165) is 62.6 Å². The first-order valence-corrected chi connectivity index (χ1v) is 15.3. The normalized spacial score (nSPS) is 23.5. The Morgan fingerprint density at radius 2 is 1.82 bits per heavy atom. The Bertz CT molecular complexity index is 1120. The van der Waals surface area contributed by atoms with Gasteiger partial charge in [0.25, 0.3) is 5.91 Å². The van der Waals surface area contributed by atoms with E-state index in [0.29, 0.717) is 43.6 Å². The minimum absolute atomic E-state index is 0.0126. The number of hydrogen-bond donors (Lipinski definition) is 1. The fraction of sp³-hybridized carbons (Fsp3) is 0.697. The lowest BCUT2D eigenvalue weighted by Crippen LogP contribution is -2.38. The van der Waals surface area contributed by atoms with Gasteiger partial charge in [0.1, 0.15) is 5.60 Å². The van der Waals surface area contributed by atoms with E-state index in [2.05, 4.69) is 42.4 Å². The quantitative estimate of drug-likeness (QED) is 0.346. The van der Waals surface area contributed by atoms with E-state index in [1.807, 2.05) is 26.8 Å². The highest BCUT2D eigenvalue weighted by molar-refractivity contribution is 5.95. The van der Waals surface area contributed by atoms with Crippen molar-refractivity contribution in [2.24, 2.45) is 11.8 Å². The SMILES string of the molecule is CCc1c(C(=O)NCCOC2CCC2)ccc2c1=CN(CC1CCCC(CC(=O)OC(C)(C)C)C1)C(C)CC=2. The molecule has 3 unspecified atom stereocenters. The first-order valence-electron chi connectivity index (χ1n) is 15.3. The van der Waals surface area contributed by atoms with Crippen molar-refractivity contribution in [2.45, 2.75) is 117 Å². The molecule has 4 rings (SSSR count). The van der Waals surface area contributed by atoms with Gasteiger partial charge in [0.05, 0.1) is 12.7 Å². The van der Waals surface area contributed by atoms with Crippen LogP contribution in [0.15, 0.2) is 12.1 Å². The standard InChI is InChI=1S/C33H50N2O4/c1-6-28-29(32(37)34-17-18-38-27-11-8-12-27)16-15-26-14-13-23(2)35(22-30(26)28)21-25-10-7-9-24(19-25)20-31(36)39-33(3,4)5/h14-16,22-25,27H,6-13,17-21H2,1-5H3,(H,34,37). The number of hydrogen-bond acceptors (Lipinski definition) is 5. The third kappa shape index (κ3) is 8.33. The molecule has 1 heterocycles. The van der Waals surface area contributed by atoms with E-state index in [1.54, 1.807) is 0 Å². The second-order valence-corrected chi connectivity index (χ2v) is 12.9. The fourth-order valence-electron chi connectivity index (χ4n) is 6.26. The molecular formula is C33H50N2O4. The van der Waals surface area contributed by atoms with Crippen LogP contribution in [0, 0.1) is 11.8 Å². The Morgan fingerprint density at radius 1 is 1.08 bits per heavy atom. The van der Waals surface area contributed by atoms with Crippen molar-refractivity contribution in [2.75, 3.05) is 19.7 Å². The molecule has 2 saturated carbocycles. The van der Waals surface area contributed by atoms with Gasteiger partial charge in [-0.15, -0.1) is 0 Å². The monoisotopic (exact) mass is 538 g/mol. The maximum Gasteiger partial charge on any atom is 0.306 e. The van der Waals surface area contributed by atoms with Crippen LogP contribution in [0.1, 0.15) is 108 Å². The summed E-state index contributed by atoms with van der Waals surface area (Å²) >= 11 is 0. The Labute approximate surface area is 235 Å². The van der Waals surface area contributed by atoms with Crippen LogP contribution < -0.4 is 15.8 Å². The van der Waals surface area contributed by atoms with Crippen LogP contribution in [0.2, 0.25) is 0 Å². The summed E-state index contributed by atoms with van der Waals surface area (Å²) in [7, 11) is 0. The van der Waals surface area contributed by atoms with E-state index in [4.69, 9.17) is 9.47 Å². The van der Waals surface area contributed by atoms with Crippen LogP contribution in [-0.4, -0.2) is 54.2 Å². The number of carbonyl (C=O) groups excluding carboxylic acids is 2. The molecule has 1 aromatic carbocycles. The van der Waals surface area contributed by atoms with Crippen molar-refractivity contribution in [3.63, 3.8) is 0 Å². The van der Waals surface area contributed by atoms with E-state index in [-0.39, 0.29) is 11.9 Å². The lowest BCUT2D eigenvalue weighted by atomic mass is 9.79. The molecule has 0 spiro atoms. The Kier molecular flexibility index (Phi) is 10.1. The molecule has 39 heavy (non-hydrogen) atoms. The second kappa shape index (κ2) is 13.3. The maximum absolute atomic E-state index is 13.2. The lowest BCUT2D eigenvalue weighted by Gasteiger charge is -2.35. The van der Waals surface area contributed by atoms with Gasteiger partial charge >= 0.3 is 5.97 Å². The molecule has 0 saturated heterocycles. The van der Waals surface area contributed by atoms with Gasteiger partial charge in [0.2, 0.25) is 0 Å². The van der Waals surface area contributed by atoms with Gasteiger partial charge in [-0.2, -0.15) is 0 Å². The van der Waals surface area contributed by atoms with Crippen molar-refractivity contribution >= 4 is 24.2 Å². The molecular weight excluding hydrogens is 488 g/mol. The summed E-state index contributed by atoms with van der Waals surface area (Å²) in [6, 6.07) is 4.49.